The summed E-state index contributed by atoms with van der Waals surface area (Å²) in [5, 5.41) is 6.62. The molecule has 4 rings (SSSR count). The van der Waals surface area contributed by atoms with Crippen molar-refractivity contribution in [3.8, 4) is 0 Å². The number of amides is 1. The zero-order valence-electron chi connectivity index (χ0n) is 10.5. The Morgan fingerprint density at radius 1 is 1.42 bits per heavy atom. The minimum absolute atomic E-state index is 0.0167. The van der Waals surface area contributed by atoms with Crippen molar-refractivity contribution in [1.29, 1.82) is 0 Å². The minimum atomic E-state index is 0.0167. The van der Waals surface area contributed by atoms with Crippen LogP contribution in [0.1, 0.15) is 23.2 Å². The van der Waals surface area contributed by atoms with Crippen LogP contribution in [0.25, 0.3) is 5.65 Å². The summed E-state index contributed by atoms with van der Waals surface area (Å²) in [6.07, 6.45) is 7.74. The number of nitrogens with zero attached hydrogens (tertiary/aromatic N) is 2. The number of hydrogen-bond donors (Lipinski definition) is 2. The van der Waals surface area contributed by atoms with E-state index in [4.69, 9.17) is 0 Å². The molecule has 1 saturated carbocycles. The highest BCUT2D eigenvalue weighted by atomic mass is 16.1. The molecule has 3 heterocycles. The van der Waals surface area contributed by atoms with Crippen molar-refractivity contribution in [2.75, 3.05) is 6.54 Å². The SMILES string of the molecule is O=C(N[C@H]1C[C@H]2C[C@H]1CN2)c1ccn2ccnc2c1. The van der Waals surface area contributed by atoms with Crippen molar-refractivity contribution in [3.63, 3.8) is 0 Å². The topological polar surface area (TPSA) is 58.4 Å². The first-order valence-corrected chi connectivity index (χ1v) is 6.76. The van der Waals surface area contributed by atoms with E-state index in [0.717, 1.165) is 18.6 Å². The Balaban J connectivity index is 1.53. The summed E-state index contributed by atoms with van der Waals surface area (Å²) in [5.41, 5.74) is 1.50. The molecule has 1 aliphatic heterocycles. The fourth-order valence-electron chi connectivity index (χ4n) is 3.32. The molecule has 1 saturated heterocycles. The molecule has 5 heteroatoms. The summed E-state index contributed by atoms with van der Waals surface area (Å²) < 4.78 is 1.90. The quantitative estimate of drug-likeness (QED) is 0.836. The summed E-state index contributed by atoms with van der Waals surface area (Å²) >= 11 is 0. The lowest BCUT2D eigenvalue weighted by atomic mass is 10.0. The molecule has 19 heavy (non-hydrogen) atoms. The van der Waals surface area contributed by atoms with Gasteiger partial charge in [-0.1, -0.05) is 0 Å². The van der Waals surface area contributed by atoms with Gasteiger partial charge in [0.25, 0.3) is 5.91 Å². The van der Waals surface area contributed by atoms with Gasteiger partial charge in [-0.25, -0.2) is 4.98 Å². The largest absolute Gasteiger partial charge is 0.349 e. The number of fused-ring (bicyclic) bond motifs is 3. The molecule has 0 radical (unpaired) electrons. The van der Waals surface area contributed by atoms with Gasteiger partial charge in [-0.05, 0) is 30.9 Å². The number of hydrogen-bond acceptors (Lipinski definition) is 3. The van der Waals surface area contributed by atoms with E-state index in [0.29, 0.717) is 23.6 Å². The molecule has 2 aromatic rings. The van der Waals surface area contributed by atoms with Crippen molar-refractivity contribution in [2.45, 2.75) is 24.9 Å². The summed E-state index contributed by atoms with van der Waals surface area (Å²) in [6.45, 7) is 1.04. The maximum absolute atomic E-state index is 12.3. The van der Waals surface area contributed by atoms with Gasteiger partial charge in [0.2, 0.25) is 0 Å². The van der Waals surface area contributed by atoms with E-state index in [1.54, 1.807) is 6.20 Å². The van der Waals surface area contributed by atoms with E-state index in [1.807, 2.05) is 28.9 Å². The average Bonchev–Trinajstić information content (AvgIpc) is 3.13. The Bertz CT molecular complexity index is 635. The molecule has 2 bridgehead atoms. The molecule has 2 aliphatic rings. The number of carbonyl (C=O) groups excluding carboxylic acids is 1. The third-order valence-corrected chi connectivity index (χ3v) is 4.34. The predicted octanol–water partition coefficient (Wildman–Crippen LogP) is 0.814. The number of imidazole rings is 1. The van der Waals surface area contributed by atoms with E-state index < -0.39 is 0 Å². The normalized spacial score (nSPS) is 28.9. The number of piperidine rings is 1. The van der Waals surface area contributed by atoms with Crippen LogP contribution in [0.4, 0.5) is 0 Å². The van der Waals surface area contributed by atoms with Crippen LogP contribution in [0.3, 0.4) is 0 Å². The van der Waals surface area contributed by atoms with Crippen LogP contribution in [-0.4, -0.2) is 33.9 Å². The highest BCUT2D eigenvalue weighted by Gasteiger charge is 2.40. The van der Waals surface area contributed by atoms with Gasteiger partial charge in [0.15, 0.2) is 0 Å². The van der Waals surface area contributed by atoms with Crippen LogP contribution < -0.4 is 10.6 Å². The maximum Gasteiger partial charge on any atom is 0.251 e. The number of aromatic nitrogens is 2. The molecule has 3 atom stereocenters. The Kier molecular flexibility index (Phi) is 2.35. The number of pyridine rings is 1. The highest BCUT2D eigenvalue weighted by Crippen LogP contribution is 2.31. The van der Waals surface area contributed by atoms with Crippen LogP contribution >= 0.6 is 0 Å². The first-order valence-electron chi connectivity index (χ1n) is 6.76. The van der Waals surface area contributed by atoms with Gasteiger partial charge >= 0.3 is 0 Å². The second kappa shape index (κ2) is 4.06. The van der Waals surface area contributed by atoms with Crippen molar-refractivity contribution in [1.82, 2.24) is 20.0 Å². The molecule has 2 fully saturated rings. The number of nitrogens with one attached hydrogen (secondary N) is 2. The monoisotopic (exact) mass is 256 g/mol. The smallest absolute Gasteiger partial charge is 0.251 e. The second-order valence-corrected chi connectivity index (χ2v) is 5.52. The highest BCUT2D eigenvalue weighted by molar-refractivity contribution is 5.95. The van der Waals surface area contributed by atoms with E-state index in [1.165, 1.54) is 6.42 Å². The number of rotatable bonds is 2. The lowest BCUT2D eigenvalue weighted by Crippen LogP contribution is -2.44. The first-order chi connectivity index (χ1) is 9.29. The molecule has 0 spiro atoms. The Hall–Kier alpha value is -1.88. The molecule has 1 aliphatic carbocycles. The van der Waals surface area contributed by atoms with Crippen LogP contribution in [-0.2, 0) is 0 Å². The van der Waals surface area contributed by atoms with E-state index >= 15 is 0 Å². The number of carbonyl (C=O) groups is 1. The van der Waals surface area contributed by atoms with Crippen molar-refractivity contribution < 1.29 is 4.79 Å². The van der Waals surface area contributed by atoms with Gasteiger partial charge in [0, 0.05) is 42.8 Å². The van der Waals surface area contributed by atoms with Gasteiger partial charge in [0.05, 0.1) is 0 Å². The lowest BCUT2D eigenvalue weighted by Gasteiger charge is -2.23. The van der Waals surface area contributed by atoms with E-state index in [-0.39, 0.29) is 5.91 Å². The summed E-state index contributed by atoms with van der Waals surface area (Å²) in [7, 11) is 0. The third kappa shape index (κ3) is 1.81. The fraction of sp³-hybridized carbons (Fsp3) is 0.429. The second-order valence-electron chi connectivity index (χ2n) is 5.52. The summed E-state index contributed by atoms with van der Waals surface area (Å²) in [4.78, 5) is 16.5. The van der Waals surface area contributed by atoms with Crippen molar-refractivity contribution >= 4 is 11.6 Å². The molecule has 98 valence electrons. The molecule has 2 N–H and O–H groups in total. The van der Waals surface area contributed by atoms with Gasteiger partial charge < -0.3 is 15.0 Å². The van der Waals surface area contributed by atoms with Crippen molar-refractivity contribution in [3.05, 3.63) is 36.3 Å². The van der Waals surface area contributed by atoms with Crippen LogP contribution in [0.5, 0.6) is 0 Å². The van der Waals surface area contributed by atoms with Crippen LogP contribution in [0.15, 0.2) is 30.7 Å². The third-order valence-electron chi connectivity index (χ3n) is 4.34. The predicted molar refractivity (Wildman–Crippen MR) is 71.0 cm³/mol. The van der Waals surface area contributed by atoms with Crippen LogP contribution in [0, 0.1) is 5.92 Å². The fourth-order valence-corrected chi connectivity index (χ4v) is 3.32. The van der Waals surface area contributed by atoms with Gasteiger partial charge in [-0.3, -0.25) is 4.79 Å². The van der Waals surface area contributed by atoms with Crippen LogP contribution in [0.2, 0.25) is 0 Å². The maximum atomic E-state index is 12.3. The standard InChI is InChI=1S/C14H16N4O/c19-14(17-12-7-11-5-10(12)8-16-11)9-1-3-18-4-2-15-13(18)6-9/h1-4,6,10-12,16H,5,7-8H2,(H,17,19)/t10-,11+,12-/m0/s1. The molecular formula is C14H16N4O. The Labute approximate surface area is 111 Å². The van der Waals surface area contributed by atoms with Gasteiger partial charge in [-0.15, -0.1) is 0 Å². The zero-order valence-corrected chi connectivity index (χ0v) is 10.5. The molecule has 1 amide bonds. The Morgan fingerprint density at radius 3 is 3.16 bits per heavy atom. The summed E-state index contributed by atoms with van der Waals surface area (Å²) in [6, 6.07) is 4.61. The van der Waals surface area contributed by atoms with Crippen molar-refractivity contribution in [2.24, 2.45) is 5.92 Å². The zero-order chi connectivity index (χ0) is 12.8. The summed E-state index contributed by atoms with van der Waals surface area (Å²) in [5.74, 6) is 0.618. The molecule has 0 unspecified atom stereocenters. The molecule has 0 aromatic carbocycles. The van der Waals surface area contributed by atoms with Gasteiger partial charge in [0.1, 0.15) is 5.65 Å². The molecular weight excluding hydrogens is 240 g/mol. The molecule has 5 nitrogen and oxygen atoms in total. The average molecular weight is 256 g/mol. The van der Waals surface area contributed by atoms with E-state index in [9.17, 15) is 4.79 Å². The minimum Gasteiger partial charge on any atom is -0.349 e. The Morgan fingerprint density at radius 2 is 2.37 bits per heavy atom. The molecule has 2 aromatic heterocycles. The lowest BCUT2D eigenvalue weighted by molar-refractivity contribution is 0.0925. The van der Waals surface area contributed by atoms with Gasteiger partial charge in [-0.2, -0.15) is 0 Å². The first kappa shape index (κ1) is 11.0. The van der Waals surface area contributed by atoms with E-state index in [2.05, 4.69) is 15.6 Å².